The number of nitrogens with zero attached hydrogens (tertiary/aromatic N) is 1. The first kappa shape index (κ1) is 12.0. The molecule has 0 amide bonds. The fourth-order valence-electron chi connectivity index (χ4n) is 1.78. The first-order valence-corrected chi connectivity index (χ1v) is 6.38. The van der Waals surface area contributed by atoms with Crippen LogP contribution >= 0.6 is 11.3 Å². The van der Waals surface area contributed by atoms with E-state index in [1.165, 1.54) is 17.0 Å². The Hall–Kier alpha value is -1.42. The molecule has 1 N–H and O–H groups in total. The van der Waals surface area contributed by atoms with Gasteiger partial charge in [0.15, 0.2) is 0 Å². The van der Waals surface area contributed by atoms with Crippen LogP contribution in [0.3, 0.4) is 0 Å². The molecule has 1 aromatic carbocycles. The van der Waals surface area contributed by atoms with Crippen LogP contribution in [0.1, 0.15) is 29.1 Å². The van der Waals surface area contributed by atoms with E-state index in [0.29, 0.717) is 0 Å². The largest absolute Gasteiger partial charge is 0.377 e. The minimum Gasteiger partial charge on any atom is -0.377 e. The Morgan fingerprint density at radius 1 is 1.35 bits per heavy atom. The molecule has 90 valence electrons. The van der Waals surface area contributed by atoms with E-state index in [1.54, 1.807) is 17.4 Å². The molecule has 1 heterocycles. The van der Waals surface area contributed by atoms with Gasteiger partial charge < -0.3 is 5.32 Å². The molecule has 0 fully saturated rings. The van der Waals surface area contributed by atoms with Gasteiger partial charge in [0.2, 0.25) is 0 Å². The molecule has 0 radical (unpaired) electrons. The normalized spacial score (nSPS) is 12.5. The van der Waals surface area contributed by atoms with Crippen molar-refractivity contribution in [1.29, 1.82) is 0 Å². The number of aromatic nitrogens is 1. The highest BCUT2D eigenvalue weighted by Crippen LogP contribution is 2.26. The van der Waals surface area contributed by atoms with E-state index >= 15 is 0 Å². The predicted octanol–water partition coefficient (Wildman–Crippen LogP) is 4.07. The molecule has 2 rings (SSSR count). The summed E-state index contributed by atoms with van der Waals surface area (Å²) in [5.41, 5.74) is 4.75. The van der Waals surface area contributed by atoms with Gasteiger partial charge in [-0.2, -0.15) is 0 Å². The van der Waals surface area contributed by atoms with Crippen LogP contribution in [0, 0.1) is 19.7 Å². The highest BCUT2D eigenvalue weighted by atomic mass is 32.1. The third kappa shape index (κ3) is 2.64. The van der Waals surface area contributed by atoms with E-state index in [0.717, 1.165) is 16.9 Å². The molecule has 0 aliphatic heterocycles. The van der Waals surface area contributed by atoms with Crippen LogP contribution in [-0.4, -0.2) is 4.98 Å². The van der Waals surface area contributed by atoms with E-state index in [-0.39, 0.29) is 11.9 Å². The number of rotatable bonds is 3. The van der Waals surface area contributed by atoms with Gasteiger partial charge in [-0.1, -0.05) is 6.07 Å². The lowest BCUT2D eigenvalue weighted by molar-refractivity contribution is 0.627. The Morgan fingerprint density at radius 3 is 2.76 bits per heavy atom. The maximum atomic E-state index is 13.2. The summed E-state index contributed by atoms with van der Waals surface area (Å²) in [7, 11) is 0. The van der Waals surface area contributed by atoms with Crippen LogP contribution in [0.25, 0.3) is 0 Å². The van der Waals surface area contributed by atoms with Crippen LogP contribution in [0.5, 0.6) is 0 Å². The Kier molecular flexibility index (Phi) is 3.43. The summed E-state index contributed by atoms with van der Waals surface area (Å²) in [5, 5.41) is 3.32. The molecule has 4 heteroatoms. The van der Waals surface area contributed by atoms with Gasteiger partial charge in [-0.25, -0.2) is 9.37 Å². The Morgan fingerprint density at radius 2 is 2.12 bits per heavy atom. The van der Waals surface area contributed by atoms with Crippen molar-refractivity contribution in [3.05, 3.63) is 45.7 Å². The minimum atomic E-state index is -0.216. The lowest BCUT2D eigenvalue weighted by atomic mass is 10.1. The maximum Gasteiger partial charge on any atom is 0.125 e. The smallest absolute Gasteiger partial charge is 0.125 e. The number of hydrogen-bond donors (Lipinski definition) is 1. The molecular weight excluding hydrogens is 235 g/mol. The second kappa shape index (κ2) is 4.84. The molecule has 1 atom stereocenters. The average Bonchev–Trinajstić information content (AvgIpc) is 2.70. The van der Waals surface area contributed by atoms with Gasteiger partial charge >= 0.3 is 0 Å². The lowest BCUT2D eigenvalue weighted by Crippen LogP contribution is -2.07. The van der Waals surface area contributed by atoms with Crippen LogP contribution in [0.15, 0.2) is 23.7 Å². The molecule has 1 aromatic heterocycles. The lowest BCUT2D eigenvalue weighted by Gasteiger charge is -2.16. The number of benzene rings is 1. The first-order valence-electron chi connectivity index (χ1n) is 5.50. The topological polar surface area (TPSA) is 24.9 Å². The summed E-state index contributed by atoms with van der Waals surface area (Å²) >= 11 is 1.62. The molecule has 2 nitrogen and oxygen atoms in total. The Balaban J connectivity index is 2.21. The van der Waals surface area contributed by atoms with Crippen molar-refractivity contribution in [3.8, 4) is 0 Å². The van der Waals surface area contributed by atoms with Crippen molar-refractivity contribution in [3.63, 3.8) is 0 Å². The molecular formula is C13H15FN2S. The number of nitrogens with one attached hydrogen (secondary N) is 1. The highest BCUT2D eigenvalue weighted by molar-refractivity contribution is 7.09. The molecule has 0 aliphatic rings. The number of hydrogen-bond acceptors (Lipinski definition) is 3. The van der Waals surface area contributed by atoms with E-state index in [1.807, 2.05) is 19.4 Å². The predicted molar refractivity (Wildman–Crippen MR) is 70.0 cm³/mol. The molecule has 2 aromatic rings. The summed E-state index contributed by atoms with van der Waals surface area (Å²) in [6.07, 6.45) is 0. The third-order valence-electron chi connectivity index (χ3n) is 2.75. The first-order chi connectivity index (χ1) is 8.08. The number of aryl methyl sites for hydroxylation is 2. The SMILES string of the molecule is Cc1ccc(F)cc1NC(C)c1scnc1C. The van der Waals surface area contributed by atoms with E-state index < -0.39 is 0 Å². The molecule has 0 saturated heterocycles. The quantitative estimate of drug-likeness (QED) is 0.888. The van der Waals surface area contributed by atoms with Crippen LogP contribution in [0.2, 0.25) is 0 Å². The zero-order valence-corrected chi connectivity index (χ0v) is 10.9. The van der Waals surface area contributed by atoms with Crippen molar-refractivity contribution in [2.75, 3.05) is 5.32 Å². The van der Waals surface area contributed by atoms with E-state index in [2.05, 4.69) is 17.2 Å². The van der Waals surface area contributed by atoms with Crippen molar-refractivity contribution in [2.45, 2.75) is 26.8 Å². The molecule has 0 spiro atoms. The fraction of sp³-hybridized carbons (Fsp3) is 0.308. The average molecular weight is 250 g/mol. The van der Waals surface area contributed by atoms with Gasteiger partial charge in [-0.3, -0.25) is 0 Å². The zero-order valence-electron chi connectivity index (χ0n) is 10.1. The Bertz CT molecular complexity index is 522. The molecule has 0 aliphatic carbocycles. The second-order valence-electron chi connectivity index (χ2n) is 4.13. The third-order valence-corrected chi connectivity index (χ3v) is 3.86. The van der Waals surface area contributed by atoms with Gasteiger partial charge in [0.1, 0.15) is 5.82 Å². The van der Waals surface area contributed by atoms with Crippen molar-refractivity contribution in [2.24, 2.45) is 0 Å². The standard InChI is InChI=1S/C13H15FN2S/c1-8-4-5-11(14)6-12(8)16-10(3)13-9(2)15-7-17-13/h4-7,10,16H,1-3H3. The monoisotopic (exact) mass is 250 g/mol. The summed E-state index contributed by atoms with van der Waals surface area (Å²) in [6, 6.07) is 4.93. The molecule has 0 bridgehead atoms. The van der Waals surface area contributed by atoms with Crippen molar-refractivity contribution < 1.29 is 4.39 Å². The van der Waals surface area contributed by atoms with Crippen molar-refractivity contribution in [1.82, 2.24) is 4.98 Å². The summed E-state index contributed by atoms with van der Waals surface area (Å²) < 4.78 is 13.2. The summed E-state index contributed by atoms with van der Waals surface area (Å²) in [5.74, 6) is -0.216. The number of anilines is 1. The molecule has 1 unspecified atom stereocenters. The molecule has 17 heavy (non-hydrogen) atoms. The summed E-state index contributed by atoms with van der Waals surface area (Å²) in [6.45, 7) is 6.02. The highest BCUT2D eigenvalue weighted by Gasteiger charge is 2.12. The second-order valence-corrected chi connectivity index (χ2v) is 5.01. The van der Waals surface area contributed by atoms with Crippen LogP contribution in [0.4, 0.5) is 10.1 Å². The van der Waals surface area contributed by atoms with Gasteiger partial charge in [-0.15, -0.1) is 11.3 Å². The van der Waals surface area contributed by atoms with Crippen molar-refractivity contribution >= 4 is 17.0 Å². The van der Waals surface area contributed by atoms with E-state index in [4.69, 9.17) is 0 Å². The number of halogens is 1. The number of thiazole rings is 1. The van der Waals surface area contributed by atoms with Gasteiger partial charge in [0, 0.05) is 10.6 Å². The fourth-order valence-corrected chi connectivity index (χ4v) is 2.59. The minimum absolute atomic E-state index is 0.142. The van der Waals surface area contributed by atoms with Gasteiger partial charge in [0.05, 0.1) is 17.2 Å². The Labute approximate surface area is 105 Å². The molecule has 0 saturated carbocycles. The van der Waals surface area contributed by atoms with E-state index in [9.17, 15) is 4.39 Å². The summed E-state index contributed by atoms with van der Waals surface area (Å²) in [4.78, 5) is 5.41. The van der Waals surface area contributed by atoms with Gasteiger partial charge in [-0.05, 0) is 38.5 Å². The van der Waals surface area contributed by atoms with Crippen LogP contribution in [-0.2, 0) is 0 Å². The maximum absolute atomic E-state index is 13.2. The zero-order chi connectivity index (χ0) is 12.4. The van der Waals surface area contributed by atoms with Gasteiger partial charge in [0.25, 0.3) is 0 Å². The van der Waals surface area contributed by atoms with Crippen LogP contribution < -0.4 is 5.32 Å².